The van der Waals surface area contributed by atoms with Crippen LogP contribution in [-0.4, -0.2) is 11.2 Å². The summed E-state index contributed by atoms with van der Waals surface area (Å²) in [5.74, 6) is 0. The van der Waals surface area contributed by atoms with E-state index in [2.05, 4.69) is 112 Å². The summed E-state index contributed by atoms with van der Waals surface area (Å²) in [4.78, 5) is 0. The first-order valence-corrected chi connectivity index (χ1v) is 15.0. The molecular weight excluding hydrogens is 500 g/mol. The number of benzene rings is 2. The third-order valence-electron chi connectivity index (χ3n) is 4.08. The van der Waals surface area contributed by atoms with Gasteiger partial charge in [0.15, 0.2) is 0 Å². The van der Waals surface area contributed by atoms with Crippen molar-refractivity contribution in [3.63, 3.8) is 0 Å². The Hall–Kier alpha value is -1.97. The van der Waals surface area contributed by atoms with Gasteiger partial charge in [-0.2, -0.15) is 0 Å². The quantitative estimate of drug-likeness (QED) is 0.270. The van der Waals surface area contributed by atoms with E-state index in [-0.39, 0.29) is 19.2 Å². The molecule has 0 spiro atoms. The molecule has 2 aromatic rings. The average molecular weight is 551 g/mol. The zero-order valence-corrected chi connectivity index (χ0v) is 26.8. The van der Waals surface area contributed by atoms with Crippen molar-refractivity contribution >= 4 is 0 Å². The molecule has 3 rings (SSSR count). The van der Waals surface area contributed by atoms with Gasteiger partial charge in [0.05, 0.1) is 0 Å². The van der Waals surface area contributed by atoms with Gasteiger partial charge in [-0.3, -0.25) is 0 Å². The Kier molecular flexibility index (Phi) is 18.2. The zero-order valence-electron chi connectivity index (χ0n) is 25.3. The van der Waals surface area contributed by atoms with Crippen molar-refractivity contribution in [3.05, 3.63) is 118 Å². The average Bonchev–Trinajstić information content (AvgIpc) is 3.27. The Morgan fingerprint density at radius 1 is 0.658 bits per heavy atom. The predicted molar refractivity (Wildman–Crippen MR) is 160 cm³/mol. The molecule has 0 saturated carbocycles. The Bertz CT molecular complexity index is 891. The number of hydrogen-bond donors (Lipinski definition) is 0. The van der Waals surface area contributed by atoms with E-state index in [9.17, 15) is 10.2 Å². The SMILES string of the molecule is C(C=CCc1ccccc1)=CCc1ccccc1.CC(C)(C)[O-].CC(C)(C)[O-].C[C](C)(C)[Ti+2][C]1=CC=CC1. The van der Waals surface area contributed by atoms with E-state index < -0.39 is 11.2 Å². The maximum atomic E-state index is 10.1. The molecule has 1 aliphatic rings. The van der Waals surface area contributed by atoms with E-state index >= 15 is 0 Å². The molecule has 0 unspecified atom stereocenters. The molecule has 206 valence electrons. The molecule has 3 heteroatoms. The van der Waals surface area contributed by atoms with Gasteiger partial charge < -0.3 is 10.2 Å². The van der Waals surface area contributed by atoms with Crippen LogP contribution in [0.4, 0.5) is 0 Å². The van der Waals surface area contributed by atoms with Gasteiger partial charge in [0, 0.05) is 0 Å². The van der Waals surface area contributed by atoms with Crippen LogP contribution in [0, 0.1) is 0 Å². The van der Waals surface area contributed by atoms with E-state index in [4.69, 9.17) is 0 Å². The van der Waals surface area contributed by atoms with Crippen LogP contribution in [0.15, 0.2) is 107 Å². The fraction of sp³-hybridized carbons (Fsp3) is 0.429. The monoisotopic (exact) mass is 550 g/mol. The zero-order chi connectivity index (χ0) is 29.1. The summed E-state index contributed by atoms with van der Waals surface area (Å²) in [5.41, 5.74) is 1.20. The Balaban J connectivity index is 0.000000573. The van der Waals surface area contributed by atoms with Crippen molar-refractivity contribution in [2.45, 2.75) is 96.5 Å². The Morgan fingerprint density at radius 3 is 1.32 bits per heavy atom. The van der Waals surface area contributed by atoms with Gasteiger partial charge in [0.2, 0.25) is 0 Å². The van der Waals surface area contributed by atoms with E-state index in [1.54, 1.807) is 45.4 Å². The van der Waals surface area contributed by atoms with Crippen LogP contribution >= 0.6 is 0 Å². The molecule has 0 heterocycles. The van der Waals surface area contributed by atoms with Gasteiger partial charge in [-0.05, 0) is 24.0 Å². The molecular formula is C35H50O2Ti. The second kappa shape index (κ2) is 19.1. The Labute approximate surface area is 243 Å². The molecule has 0 N–H and O–H groups in total. The van der Waals surface area contributed by atoms with Gasteiger partial charge in [-0.15, -0.1) is 11.2 Å². The molecule has 0 atom stereocenters. The predicted octanol–water partition coefficient (Wildman–Crippen LogP) is 8.01. The first kappa shape index (κ1) is 36.0. The third-order valence-corrected chi connectivity index (χ3v) is 6.33. The molecule has 0 amide bonds. The second-order valence-electron chi connectivity index (χ2n) is 12.2. The minimum atomic E-state index is -0.750. The van der Waals surface area contributed by atoms with Crippen molar-refractivity contribution < 1.29 is 29.4 Å². The first-order valence-electron chi connectivity index (χ1n) is 13.5. The van der Waals surface area contributed by atoms with Crippen LogP contribution in [0.5, 0.6) is 0 Å². The molecule has 0 aromatic heterocycles. The van der Waals surface area contributed by atoms with Crippen LogP contribution in [0.1, 0.15) is 79.9 Å². The second-order valence-corrected chi connectivity index (χ2v) is 15.9. The van der Waals surface area contributed by atoms with Crippen LogP contribution in [0.2, 0.25) is 3.72 Å². The number of hydrogen-bond acceptors (Lipinski definition) is 2. The van der Waals surface area contributed by atoms with Crippen LogP contribution in [0.25, 0.3) is 0 Å². The van der Waals surface area contributed by atoms with Gasteiger partial charge in [-0.25, -0.2) is 0 Å². The van der Waals surface area contributed by atoms with Crippen molar-refractivity contribution in [2.24, 2.45) is 0 Å². The molecule has 38 heavy (non-hydrogen) atoms. The number of rotatable bonds is 6. The molecule has 0 aliphatic heterocycles. The van der Waals surface area contributed by atoms with Crippen LogP contribution < -0.4 is 10.2 Å². The van der Waals surface area contributed by atoms with E-state index in [1.165, 1.54) is 17.5 Å². The van der Waals surface area contributed by atoms with E-state index in [1.807, 2.05) is 12.1 Å². The molecule has 2 aromatic carbocycles. The standard InChI is InChI=1S/C18H18.C5H5.2C4H9O.C4H9.Ti/c1(5-11-17-13-7-3-8-14-17)2-6-12-18-15-9-4-10-16-18;1-2-4-5-3-1;2*1-4(2,3)5;1-4(2)3;/h1-10,13-16H,11-12H2;1-3H,4H2;2*1-3H3;1-3H3;/q;;2*-1;;+2. The topological polar surface area (TPSA) is 46.1 Å². The summed E-state index contributed by atoms with van der Waals surface area (Å²) in [6.45, 7) is 16.8. The first-order chi connectivity index (χ1) is 17.5. The number of allylic oxidation sites excluding steroid dienone is 8. The van der Waals surface area contributed by atoms with Gasteiger partial charge in [-0.1, -0.05) is 127 Å². The summed E-state index contributed by atoms with van der Waals surface area (Å²) in [6.07, 6.45) is 18.6. The molecule has 0 saturated heterocycles. The van der Waals surface area contributed by atoms with Crippen LogP contribution in [0.3, 0.4) is 0 Å². The minimum absolute atomic E-state index is 0.146. The maximum absolute atomic E-state index is 10.1. The molecule has 2 nitrogen and oxygen atoms in total. The van der Waals surface area contributed by atoms with Crippen LogP contribution in [-0.2, 0) is 32.0 Å². The third kappa shape index (κ3) is 30.3. The fourth-order valence-electron chi connectivity index (χ4n) is 2.82. The molecule has 0 fully saturated rings. The molecule has 0 radical (unpaired) electrons. The fourth-order valence-corrected chi connectivity index (χ4v) is 4.94. The van der Waals surface area contributed by atoms with Crippen molar-refractivity contribution in [3.8, 4) is 0 Å². The van der Waals surface area contributed by atoms with E-state index in [0.717, 1.165) is 12.8 Å². The summed E-state index contributed by atoms with van der Waals surface area (Å²) >= 11 is 0.146. The summed E-state index contributed by atoms with van der Waals surface area (Å²) < 4.78 is 2.28. The molecule has 1 aliphatic carbocycles. The van der Waals surface area contributed by atoms with Gasteiger partial charge in [0.25, 0.3) is 0 Å². The molecule has 0 bridgehead atoms. The summed E-state index contributed by atoms with van der Waals surface area (Å²) in [7, 11) is 0. The van der Waals surface area contributed by atoms with Gasteiger partial charge >= 0.3 is 72.2 Å². The summed E-state index contributed by atoms with van der Waals surface area (Å²) in [6, 6.07) is 21.0. The Morgan fingerprint density at radius 2 is 1.03 bits per heavy atom. The summed E-state index contributed by atoms with van der Waals surface area (Å²) in [5, 5.41) is 20.2. The van der Waals surface area contributed by atoms with Gasteiger partial charge in [0.1, 0.15) is 0 Å². The van der Waals surface area contributed by atoms with Crippen molar-refractivity contribution in [1.29, 1.82) is 0 Å². The normalized spacial score (nSPS) is 13.0. The van der Waals surface area contributed by atoms with Crippen molar-refractivity contribution in [1.82, 2.24) is 0 Å². The van der Waals surface area contributed by atoms with Crippen molar-refractivity contribution in [2.75, 3.05) is 0 Å². The van der Waals surface area contributed by atoms with E-state index in [0.29, 0.717) is 3.72 Å².